The number of rotatable bonds is 5. The van der Waals surface area contributed by atoms with Crippen molar-refractivity contribution in [2.24, 2.45) is 0 Å². The number of aromatic nitrogens is 2. The monoisotopic (exact) mass is 443 g/mol. The lowest BCUT2D eigenvalue weighted by Gasteiger charge is -2.20. The Kier molecular flexibility index (Phi) is 6.19. The van der Waals surface area contributed by atoms with Crippen LogP contribution < -0.4 is 10.7 Å². The Balaban J connectivity index is 1.92. The normalized spacial score (nSPS) is 10.7. The highest BCUT2D eigenvalue weighted by Crippen LogP contribution is 2.27. The molecule has 0 spiro atoms. The molecule has 0 aliphatic heterocycles. The van der Waals surface area contributed by atoms with Gasteiger partial charge in [-0.15, -0.1) is 0 Å². The fraction of sp³-hybridized carbons (Fsp3) is 0.115. The molecule has 2 aromatic heterocycles. The minimum absolute atomic E-state index is 0.0667. The number of halogens is 1. The van der Waals surface area contributed by atoms with Gasteiger partial charge in [-0.25, -0.2) is 0 Å². The summed E-state index contributed by atoms with van der Waals surface area (Å²) in [6.07, 6.45) is 1.73. The van der Waals surface area contributed by atoms with Gasteiger partial charge in [0.15, 0.2) is 5.43 Å². The fourth-order valence-electron chi connectivity index (χ4n) is 3.68. The Bertz CT molecular complexity index is 1350. The lowest BCUT2D eigenvalue weighted by molar-refractivity contribution is 0.102. The van der Waals surface area contributed by atoms with Gasteiger partial charge in [0.05, 0.1) is 28.6 Å². The van der Waals surface area contributed by atoms with Crippen molar-refractivity contribution in [3.63, 3.8) is 0 Å². The lowest BCUT2D eigenvalue weighted by Crippen LogP contribution is -2.27. The maximum Gasteiger partial charge on any atom is 0.261 e. The molecule has 160 valence electrons. The number of carbonyl (C=O) groups is 1. The van der Waals surface area contributed by atoms with Crippen LogP contribution in [0.3, 0.4) is 0 Å². The van der Waals surface area contributed by atoms with Crippen LogP contribution in [-0.2, 0) is 6.54 Å². The first kappa shape index (κ1) is 21.5. The topological polar surface area (TPSA) is 64.0 Å². The van der Waals surface area contributed by atoms with E-state index in [0.717, 1.165) is 22.5 Å². The molecule has 5 nitrogen and oxygen atoms in total. The summed E-state index contributed by atoms with van der Waals surface area (Å²) in [7, 11) is 0. The number of anilines is 1. The Labute approximate surface area is 191 Å². The Morgan fingerprint density at radius 2 is 1.78 bits per heavy atom. The Morgan fingerprint density at radius 1 is 1.00 bits per heavy atom. The van der Waals surface area contributed by atoms with Gasteiger partial charge in [0, 0.05) is 18.0 Å². The minimum atomic E-state index is -0.505. The second-order valence-corrected chi connectivity index (χ2v) is 7.99. The third kappa shape index (κ3) is 4.48. The van der Waals surface area contributed by atoms with Crippen LogP contribution >= 0.6 is 11.6 Å². The van der Waals surface area contributed by atoms with E-state index >= 15 is 0 Å². The van der Waals surface area contributed by atoms with Crippen molar-refractivity contribution in [2.45, 2.75) is 20.4 Å². The standard InChI is InChI=1S/C26H22ClN3O2/c1-17-8-7-9-19(14-17)25-24(26(32)29-22-12-4-3-11-21(22)27)23(31)15-18(2)30(25)16-20-10-5-6-13-28-20/h3-15H,16H2,1-2H3,(H,29,32). The van der Waals surface area contributed by atoms with Crippen LogP contribution in [0.5, 0.6) is 0 Å². The van der Waals surface area contributed by atoms with Crippen LogP contribution in [-0.4, -0.2) is 15.5 Å². The van der Waals surface area contributed by atoms with Crippen LogP contribution in [0.4, 0.5) is 5.69 Å². The molecule has 0 aliphatic carbocycles. The summed E-state index contributed by atoms with van der Waals surface area (Å²) in [4.78, 5) is 30.9. The molecule has 4 rings (SSSR count). The number of hydrogen-bond acceptors (Lipinski definition) is 3. The number of pyridine rings is 2. The molecule has 2 heterocycles. The molecular weight excluding hydrogens is 422 g/mol. The van der Waals surface area contributed by atoms with Crippen LogP contribution in [0.25, 0.3) is 11.3 Å². The number of amides is 1. The van der Waals surface area contributed by atoms with Crippen molar-refractivity contribution < 1.29 is 4.79 Å². The van der Waals surface area contributed by atoms with Gasteiger partial charge in [-0.2, -0.15) is 0 Å². The summed E-state index contributed by atoms with van der Waals surface area (Å²) >= 11 is 6.23. The van der Waals surface area contributed by atoms with Gasteiger partial charge in [-0.3, -0.25) is 14.6 Å². The first-order valence-corrected chi connectivity index (χ1v) is 10.6. The molecular formula is C26H22ClN3O2. The van der Waals surface area contributed by atoms with E-state index in [2.05, 4.69) is 10.3 Å². The van der Waals surface area contributed by atoms with Gasteiger partial charge in [0.1, 0.15) is 5.56 Å². The molecule has 0 radical (unpaired) electrons. The highest BCUT2D eigenvalue weighted by Gasteiger charge is 2.23. The summed E-state index contributed by atoms with van der Waals surface area (Å²) in [6, 6.07) is 21.9. The van der Waals surface area contributed by atoms with E-state index in [9.17, 15) is 9.59 Å². The average Bonchev–Trinajstić information content (AvgIpc) is 2.77. The molecule has 0 bridgehead atoms. The molecule has 1 N–H and O–H groups in total. The quantitative estimate of drug-likeness (QED) is 0.444. The maximum atomic E-state index is 13.4. The molecule has 4 aromatic rings. The number of nitrogens with one attached hydrogen (secondary N) is 1. The van der Waals surface area contributed by atoms with Crippen molar-refractivity contribution in [3.05, 3.63) is 117 Å². The SMILES string of the molecule is Cc1cccc(-c2c(C(=O)Nc3ccccc3Cl)c(=O)cc(C)n2Cc2ccccn2)c1. The average molecular weight is 444 g/mol. The van der Waals surface area contributed by atoms with E-state index < -0.39 is 5.91 Å². The largest absolute Gasteiger partial charge is 0.338 e. The van der Waals surface area contributed by atoms with Gasteiger partial charge in [-0.1, -0.05) is 53.6 Å². The zero-order chi connectivity index (χ0) is 22.7. The van der Waals surface area contributed by atoms with Gasteiger partial charge in [-0.05, 0) is 49.7 Å². The lowest BCUT2D eigenvalue weighted by atomic mass is 10.0. The molecule has 0 unspecified atom stereocenters. The van der Waals surface area contributed by atoms with Crippen LogP contribution in [0.2, 0.25) is 5.02 Å². The zero-order valence-electron chi connectivity index (χ0n) is 17.8. The summed E-state index contributed by atoms with van der Waals surface area (Å²) in [5.41, 5.74) is 4.10. The summed E-state index contributed by atoms with van der Waals surface area (Å²) in [5, 5.41) is 3.20. The third-order valence-electron chi connectivity index (χ3n) is 5.21. The first-order chi connectivity index (χ1) is 15.4. The summed E-state index contributed by atoms with van der Waals surface area (Å²) < 4.78 is 1.96. The van der Waals surface area contributed by atoms with E-state index in [1.54, 1.807) is 30.5 Å². The number of hydrogen-bond donors (Lipinski definition) is 1. The molecule has 6 heteroatoms. The predicted molar refractivity (Wildman–Crippen MR) is 128 cm³/mol. The molecule has 32 heavy (non-hydrogen) atoms. The van der Waals surface area contributed by atoms with E-state index in [0.29, 0.717) is 22.9 Å². The van der Waals surface area contributed by atoms with E-state index in [1.165, 1.54) is 6.07 Å². The number of para-hydroxylation sites is 1. The van der Waals surface area contributed by atoms with E-state index in [-0.39, 0.29) is 11.0 Å². The van der Waals surface area contributed by atoms with Crippen molar-refractivity contribution in [1.29, 1.82) is 0 Å². The summed E-state index contributed by atoms with van der Waals surface area (Å²) in [5.74, 6) is -0.505. The number of aryl methyl sites for hydroxylation is 2. The van der Waals surface area contributed by atoms with E-state index in [1.807, 2.05) is 60.9 Å². The molecule has 0 fully saturated rings. The van der Waals surface area contributed by atoms with Gasteiger partial charge < -0.3 is 9.88 Å². The van der Waals surface area contributed by atoms with Gasteiger partial charge in [0.2, 0.25) is 0 Å². The number of nitrogens with zero attached hydrogens (tertiary/aromatic N) is 2. The van der Waals surface area contributed by atoms with Crippen LogP contribution in [0, 0.1) is 13.8 Å². The second kappa shape index (κ2) is 9.20. The number of benzene rings is 2. The van der Waals surface area contributed by atoms with Crippen molar-refractivity contribution in [2.75, 3.05) is 5.32 Å². The van der Waals surface area contributed by atoms with Crippen molar-refractivity contribution >= 4 is 23.2 Å². The molecule has 0 saturated carbocycles. The van der Waals surface area contributed by atoms with Crippen LogP contribution in [0.1, 0.15) is 27.3 Å². The molecule has 1 amide bonds. The molecule has 0 aliphatic rings. The van der Waals surface area contributed by atoms with Gasteiger partial charge in [0.25, 0.3) is 5.91 Å². The zero-order valence-corrected chi connectivity index (χ0v) is 18.6. The Hall–Kier alpha value is -3.70. The molecule has 2 aromatic carbocycles. The Morgan fingerprint density at radius 3 is 2.50 bits per heavy atom. The highest BCUT2D eigenvalue weighted by atomic mass is 35.5. The summed E-state index contributed by atoms with van der Waals surface area (Å²) in [6.45, 7) is 4.26. The van der Waals surface area contributed by atoms with Gasteiger partial charge >= 0.3 is 0 Å². The first-order valence-electron chi connectivity index (χ1n) is 10.2. The van der Waals surface area contributed by atoms with E-state index in [4.69, 9.17) is 11.6 Å². The predicted octanol–water partition coefficient (Wildman–Crippen LogP) is 5.48. The molecule has 0 saturated heterocycles. The van der Waals surface area contributed by atoms with Crippen molar-refractivity contribution in [3.8, 4) is 11.3 Å². The number of carbonyl (C=O) groups excluding carboxylic acids is 1. The smallest absolute Gasteiger partial charge is 0.261 e. The highest BCUT2D eigenvalue weighted by molar-refractivity contribution is 6.34. The fourth-order valence-corrected chi connectivity index (χ4v) is 3.87. The van der Waals surface area contributed by atoms with Crippen LogP contribution in [0.15, 0.2) is 83.8 Å². The second-order valence-electron chi connectivity index (χ2n) is 7.58. The third-order valence-corrected chi connectivity index (χ3v) is 5.54. The molecule has 0 atom stereocenters. The van der Waals surface area contributed by atoms with Crippen molar-refractivity contribution in [1.82, 2.24) is 9.55 Å². The minimum Gasteiger partial charge on any atom is -0.338 e. The maximum absolute atomic E-state index is 13.4.